The molecule has 0 radical (unpaired) electrons. The molecule has 1 aromatic carbocycles. The molecule has 0 saturated carbocycles. The van der Waals surface area contributed by atoms with Crippen LogP contribution < -0.4 is 10.1 Å². The zero-order valence-corrected chi connectivity index (χ0v) is 16.9. The number of hydrogen-bond acceptors (Lipinski definition) is 5. The lowest BCUT2D eigenvalue weighted by Crippen LogP contribution is -2.38. The zero-order valence-electron chi connectivity index (χ0n) is 16.1. The van der Waals surface area contributed by atoms with Gasteiger partial charge in [0.1, 0.15) is 5.75 Å². The van der Waals surface area contributed by atoms with Crippen LogP contribution in [0.3, 0.4) is 0 Å². The molecule has 2 aliphatic heterocycles. The van der Waals surface area contributed by atoms with Crippen molar-refractivity contribution in [1.29, 1.82) is 0 Å². The smallest absolute Gasteiger partial charge is 0.275 e. The van der Waals surface area contributed by atoms with Gasteiger partial charge in [0.2, 0.25) is 0 Å². The third-order valence-corrected chi connectivity index (χ3v) is 5.30. The molecular weight excluding hydrogens is 380 g/mol. The van der Waals surface area contributed by atoms with E-state index < -0.39 is 0 Å². The molecule has 2 aromatic rings. The topological polar surface area (TPSA) is 79.5 Å². The van der Waals surface area contributed by atoms with Crippen molar-refractivity contribution in [2.24, 2.45) is 0 Å². The maximum Gasteiger partial charge on any atom is 0.275 e. The predicted molar refractivity (Wildman–Crippen MR) is 108 cm³/mol. The van der Waals surface area contributed by atoms with Gasteiger partial charge in [-0.1, -0.05) is 18.2 Å². The van der Waals surface area contributed by atoms with Gasteiger partial charge in [0, 0.05) is 56.0 Å². The highest BCUT2D eigenvalue weighted by molar-refractivity contribution is 5.94. The third-order valence-electron chi connectivity index (χ3n) is 5.30. The second-order valence-electron chi connectivity index (χ2n) is 7.09. The van der Waals surface area contributed by atoms with Crippen molar-refractivity contribution in [3.05, 3.63) is 46.8 Å². The monoisotopic (exact) mass is 406 g/mol. The van der Waals surface area contributed by atoms with Crippen LogP contribution in [0.25, 0.3) is 0 Å². The van der Waals surface area contributed by atoms with Crippen molar-refractivity contribution >= 4 is 18.3 Å². The fraction of sp³-hybridized carbons (Fsp3) is 0.500. The first kappa shape index (κ1) is 20.6. The molecule has 28 heavy (non-hydrogen) atoms. The van der Waals surface area contributed by atoms with Crippen LogP contribution in [0.1, 0.15) is 40.2 Å². The van der Waals surface area contributed by atoms with Crippen LogP contribution >= 0.6 is 12.4 Å². The molecule has 4 rings (SSSR count). The minimum Gasteiger partial charge on any atom is -0.496 e. The van der Waals surface area contributed by atoms with E-state index in [-0.39, 0.29) is 24.4 Å². The molecule has 0 bridgehead atoms. The Bertz CT molecular complexity index is 804. The average Bonchev–Trinajstić information content (AvgIpc) is 3.37. The zero-order chi connectivity index (χ0) is 18.6. The molecule has 7 nitrogen and oxygen atoms in total. The van der Waals surface area contributed by atoms with E-state index in [0.29, 0.717) is 25.3 Å². The van der Waals surface area contributed by atoms with Gasteiger partial charge in [0.25, 0.3) is 5.91 Å². The summed E-state index contributed by atoms with van der Waals surface area (Å²) in [6.07, 6.45) is 2.98. The van der Waals surface area contributed by atoms with Crippen LogP contribution in [0.4, 0.5) is 0 Å². The maximum atomic E-state index is 13.4. The van der Waals surface area contributed by atoms with Gasteiger partial charge in [-0.3, -0.25) is 9.89 Å². The molecule has 1 atom stereocenters. The molecule has 1 aromatic heterocycles. The normalized spacial score (nSPS) is 18.2. The summed E-state index contributed by atoms with van der Waals surface area (Å²) in [5.74, 6) is 0.728. The summed E-state index contributed by atoms with van der Waals surface area (Å²) < 4.78 is 11.3. The van der Waals surface area contributed by atoms with Crippen molar-refractivity contribution < 1.29 is 14.3 Å². The maximum absolute atomic E-state index is 13.4. The molecule has 1 amide bonds. The fourth-order valence-electron chi connectivity index (χ4n) is 3.84. The SMILES string of the molecule is COc1ccccc1CN(CC1CCCO1)C(=O)c1n[nH]c2c1CNCC2.Cl. The van der Waals surface area contributed by atoms with Gasteiger partial charge >= 0.3 is 0 Å². The van der Waals surface area contributed by atoms with Crippen LogP contribution in [0.5, 0.6) is 5.75 Å². The molecule has 0 spiro atoms. The summed E-state index contributed by atoms with van der Waals surface area (Å²) in [4.78, 5) is 15.2. The molecule has 0 aliphatic carbocycles. The first-order valence-corrected chi connectivity index (χ1v) is 9.56. The number of benzene rings is 1. The summed E-state index contributed by atoms with van der Waals surface area (Å²) >= 11 is 0. The quantitative estimate of drug-likeness (QED) is 0.769. The van der Waals surface area contributed by atoms with E-state index >= 15 is 0 Å². The van der Waals surface area contributed by atoms with Crippen LogP contribution in [-0.4, -0.2) is 53.9 Å². The number of nitrogens with one attached hydrogen (secondary N) is 2. The third kappa shape index (κ3) is 4.32. The Hall–Kier alpha value is -2.09. The van der Waals surface area contributed by atoms with Gasteiger partial charge in [-0.05, 0) is 18.9 Å². The van der Waals surface area contributed by atoms with E-state index in [4.69, 9.17) is 9.47 Å². The molecule has 2 aliphatic rings. The Morgan fingerprint density at radius 1 is 1.39 bits per heavy atom. The number of fused-ring (bicyclic) bond motifs is 1. The largest absolute Gasteiger partial charge is 0.496 e. The Labute approximate surface area is 171 Å². The van der Waals surface area contributed by atoms with E-state index in [9.17, 15) is 4.79 Å². The number of rotatable bonds is 6. The highest BCUT2D eigenvalue weighted by Gasteiger charge is 2.29. The molecule has 1 fully saturated rings. The van der Waals surface area contributed by atoms with E-state index in [2.05, 4.69) is 15.5 Å². The Balaban J connectivity index is 0.00000225. The Morgan fingerprint density at radius 3 is 3.04 bits per heavy atom. The molecule has 8 heteroatoms. The Kier molecular flexibility index (Phi) is 6.93. The number of carbonyl (C=O) groups is 1. The molecule has 1 saturated heterocycles. The van der Waals surface area contributed by atoms with Gasteiger partial charge in [0.05, 0.1) is 13.2 Å². The minimum absolute atomic E-state index is 0. The number of nitrogens with zero attached hydrogens (tertiary/aromatic N) is 2. The van der Waals surface area contributed by atoms with Crippen LogP contribution in [0.2, 0.25) is 0 Å². The van der Waals surface area contributed by atoms with E-state index in [0.717, 1.165) is 55.0 Å². The lowest BCUT2D eigenvalue weighted by atomic mass is 10.1. The van der Waals surface area contributed by atoms with E-state index in [1.165, 1.54) is 0 Å². The lowest BCUT2D eigenvalue weighted by molar-refractivity contribution is 0.0500. The van der Waals surface area contributed by atoms with Crippen LogP contribution in [0, 0.1) is 0 Å². The molecular formula is C20H27ClN4O3. The van der Waals surface area contributed by atoms with Crippen molar-refractivity contribution in [1.82, 2.24) is 20.4 Å². The first-order chi connectivity index (χ1) is 13.3. The number of ether oxygens (including phenoxy) is 2. The standard InChI is InChI=1S/C20H26N4O3.ClH/c1-26-18-7-3-2-5-14(18)12-24(13-15-6-4-10-27-15)20(25)19-16-11-21-9-8-17(16)22-23-19;/h2-3,5,7,15,21H,4,6,8-13H2,1H3,(H,22,23);1H. The highest BCUT2D eigenvalue weighted by Crippen LogP contribution is 2.24. The number of methoxy groups -OCH3 is 1. The summed E-state index contributed by atoms with van der Waals surface area (Å²) in [5.41, 5.74) is 3.55. The van der Waals surface area contributed by atoms with Crippen molar-refractivity contribution in [2.75, 3.05) is 26.8 Å². The molecule has 1 unspecified atom stereocenters. The first-order valence-electron chi connectivity index (χ1n) is 9.56. The van der Waals surface area contributed by atoms with Gasteiger partial charge in [-0.2, -0.15) is 5.10 Å². The van der Waals surface area contributed by atoms with Gasteiger partial charge in [-0.25, -0.2) is 0 Å². The van der Waals surface area contributed by atoms with Crippen molar-refractivity contribution in [3.8, 4) is 5.75 Å². The molecule has 2 N–H and O–H groups in total. The fourth-order valence-corrected chi connectivity index (χ4v) is 3.84. The van der Waals surface area contributed by atoms with Gasteiger partial charge in [0.15, 0.2) is 5.69 Å². The number of halogens is 1. The summed E-state index contributed by atoms with van der Waals surface area (Å²) in [6.45, 7) is 3.38. The Morgan fingerprint density at radius 2 is 2.25 bits per heavy atom. The predicted octanol–water partition coefficient (Wildman–Crippen LogP) is 2.31. The molecule has 3 heterocycles. The average molecular weight is 407 g/mol. The van der Waals surface area contributed by atoms with Gasteiger partial charge in [-0.15, -0.1) is 12.4 Å². The second kappa shape index (κ2) is 9.41. The van der Waals surface area contributed by atoms with Crippen molar-refractivity contribution in [3.63, 3.8) is 0 Å². The number of amides is 1. The van der Waals surface area contributed by atoms with Crippen molar-refractivity contribution in [2.45, 2.75) is 38.5 Å². The summed E-state index contributed by atoms with van der Waals surface area (Å²) in [5, 5.41) is 10.7. The number of aromatic amines is 1. The highest BCUT2D eigenvalue weighted by atomic mass is 35.5. The lowest BCUT2D eigenvalue weighted by Gasteiger charge is -2.26. The van der Waals surface area contributed by atoms with E-state index in [1.54, 1.807) is 7.11 Å². The van der Waals surface area contributed by atoms with E-state index in [1.807, 2.05) is 29.2 Å². The summed E-state index contributed by atoms with van der Waals surface area (Å²) in [7, 11) is 1.65. The number of H-pyrrole nitrogens is 1. The number of aromatic nitrogens is 2. The van der Waals surface area contributed by atoms with Crippen LogP contribution in [0.15, 0.2) is 24.3 Å². The second-order valence-corrected chi connectivity index (χ2v) is 7.09. The number of carbonyl (C=O) groups excluding carboxylic acids is 1. The molecule has 152 valence electrons. The van der Waals surface area contributed by atoms with Gasteiger partial charge < -0.3 is 19.7 Å². The summed E-state index contributed by atoms with van der Waals surface area (Å²) in [6, 6.07) is 7.82. The minimum atomic E-state index is -0.0578. The number of hydrogen-bond donors (Lipinski definition) is 2. The number of para-hydroxylation sites is 1. The van der Waals surface area contributed by atoms with Crippen LogP contribution in [-0.2, 0) is 24.2 Å².